The molecule has 0 atom stereocenters. The highest BCUT2D eigenvalue weighted by Crippen LogP contribution is 2.26. The summed E-state index contributed by atoms with van der Waals surface area (Å²) in [5, 5.41) is 18.8. The molecule has 0 fully saturated rings. The van der Waals surface area contributed by atoms with Crippen LogP contribution in [-0.2, 0) is 6.54 Å². The van der Waals surface area contributed by atoms with Crippen molar-refractivity contribution in [2.24, 2.45) is 0 Å². The summed E-state index contributed by atoms with van der Waals surface area (Å²) < 4.78 is 1.89. The molecular formula is C15H17NO4. The van der Waals surface area contributed by atoms with Gasteiger partial charge in [0.25, 0.3) is 0 Å². The summed E-state index contributed by atoms with van der Waals surface area (Å²) >= 11 is 0. The quantitative estimate of drug-likeness (QED) is 0.820. The molecule has 0 saturated heterocycles. The number of carbonyl (C=O) groups excluding carboxylic acids is 1. The van der Waals surface area contributed by atoms with Crippen LogP contribution >= 0.6 is 0 Å². The monoisotopic (exact) mass is 275 g/mol. The van der Waals surface area contributed by atoms with Crippen LogP contribution in [0.15, 0.2) is 18.3 Å². The second kappa shape index (κ2) is 5.46. The summed E-state index contributed by atoms with van der Waals surface area (Å²) in [6.45, 7) is 3.86. The van der Waals surface area contributed by atoms with E-state index in [9.17, 15) is 14.7 Å². The molecule has 2 aromatic rings. The number of hydrogen-bond donors (Lipinski definition) is 2. The highest BCUT2D eigenvalue weighted by atomic mass is 16.4. The van der Waals surface area contributed by atoms with E-state index in [4.69, 9.17) is 5.11 Å². The third-order valence-electron chi connectivity index (χ3n) is 3.39. The molecule has 1 aromatic heterocycles. The summed E-state index contributed by atoms with van der Waals surface area (Å²) in [4.78, 5) is 22.9. The molecule has 0 aliphatic carbocycles. The third kappa shape index (κ3) is 2.44. The lowest BCUT2D eigenvalue weighted by Gasteiger charge is -2.06. The fourth-order valence-electron chi connectivity index (χ4n) is 2.38. The highest BCUT2D eigenvalue weighted by molar-refractivity contribution is 6.09. The minimum absolute atomic E-state index is 0.0707. The van der Waals surface area contributed by atoms with E-state index in [2.05, 4.69) is 0 Å². The van der Waals surface area contributed by atoms with Crippen LogP contribution in [0.3, 0.4) is 0 Å². The van der Waals surface area contributed by atoms with Crippen molar-refractivity contribution < 1.29 is 19.8 Å². The number of ketones is 1. The molecule has 106 valence electrons. The van der Waals surface area contributed by atoms with Crippen molar-refractivity contribution in [3.05, 3.63) is 35.0 Å². The molecule has 2 rings (SSSR count). The van der Waals surface area contributed by atoms with Crippen molar-refractivity contribution in [3.63, 3.8) is 0 Å². The molecule has 0 aliphatic heterocycles. The first-order valence-electron chi connectivity index (χ1n) is 6.44. The Morgan fingerprint density at radius 3 is 2.50 bits per heavy atom. The number of benzene rings is 1. The maximum atomic E-state index is 11.7. The van der Waals surface area contributed by atoms with Crippen molar-refractivity contribution in [1.82, 2.24) is 4.57 Å². The van der Waals surface area contributed by atoms with Gasteiger partial charge in [-0.15, -0.1) is 0 Å². The van der Waals surface area contributed by atoms with E-state index in [1.165, 1.54) is 6.92 Å². The SMILES string of the molecule is CC(=O)c1cn(CCCO)c2cc(C)c(C(=O)O)cc12. The lowest BCUT2D eigenvalue weighted by molar-refractivity contribution is 0.0696. The van der Waals surface area contributed by atoms with Crippen LogP contribution in [0.2, 0.25) is 0 Å². The number of carboxylic acid groups (broad SMARTS) is 1. The molecule has 0 amide bonds. The van der Waals surface area contributed by atoms with Crippen molar-refractivity contribution in [2.45, 2.75) is 26.8 Å². The van der Waals surface area contributed by atoms with Crippen molar-refractivity contribution in [2.75, 3.05) is 6.61 Å². The Morgan fingerprint density at radius 2 is 1.95 bits per heavy atom. The number of aromatic carboxylic acids is 1. The molecule has 0 saturated carbocycles. The zero-order valence-electron chi connectivity index (χ0n) is 11.5. The van der Waals surface area contributed by atoms with Gasteiger partial charge in [0.05, 0.1) is 5.56 Å². The molecule has 0 spiro atoms. The smallest absolute Gasteiger partial charge is 0.335 e. The van der Waals surface area contributed by atoms with Crippen LogP contribution in [0.4, 0.5) is 0 Å². The van der Waals surface area contributed by atoms with Crippen LogP contribution in [0.25, 0.3) is 10.9 Å². The Bertz CT molecular complexity index is 685. The average molecular weight is 275 g/mol. The number of hydrogen-bond acceptors (Lipinski definition) is 3. The van der Waals surface area contributed by atoms with Gasteiger partial charge >= 0.3 is 5.97 Å². The minimum Gasteiger partial charge on any atom is -0.478 e. The molecular weight excluding hydrogens is 258 g/mol. The lowest BCUT2D eigenvalue weighted by atomic mass is 10.0. The van der Waals surface area contributed by atoms with Gasteiger partial charge in [0.2, 0.25) is 0 Å². The van der Waals surface area contributed by atoms with E-state index in [0.29, 0.717) is 29.5 Å². The van der Waals surface area contributed by atoms with Crippen LogP contribution in [-0.4, -0.2) is 33.1 Å². The number of Topliss-reactive ketones (excluding diaryl/α,β-unsaturated/α-hetero) is 1. The Morgan fingerprint density at radius 1 is 1.25 bits per heavy atom. The van der Waals surface area contributed by atoms with E-state index in [-0.39, 0.29) is 18.0 Å². The normalized spacial score (nSPS) is 10.9. The molecule has 1 heterocycles. The Kier molecular flexibility index (Phi) is 3.90. The zero-order chi connectivity index (χ0) is 14.9. The topological polar surface area (TPSA) is 79.5 Å². The summed E-state index contributed by atoms with van der Waals surface area (Å²) in [6.07, 6.45) is 2.31. The number of carboxylic acids is 1. The first-order valence-corrected chi connectivity index (χ1v) is 6.44. The van der Waals surface area contributed by atoms with Gasteiger partial charge in [-0.1, -0.05) is 0 Å². The first kappa shape index (κ1) is 14.3. The molecule has 2 N–H and O–H groups in total. The lowest BCUT2D eigenvalue weighted by Crippen LogP contribution is -2.01. The number of aliphatic hydroxyl groups excluding tert-OH is 1. The first-order chi connectivity index (χ1) is 9.45. The van der Waals surface area contributed by atoms with Crippen molar-refractivity contribution >= 4 is 22.7 Å². The number of nitrogens with zero attached hydrogens (tertiary/aromatic N) is 1. The number of aliphatic hydroxyl groups is 1. The number of rotatable bonds is 5. The molecule has 0 unspecified atom stereocenters. The number of aryl methyl sites for hydroxylation is 2. The second-order valence-corrected chi connectivity index (χ2v) is 4.86. The van der Waals surface area contributed by atoms with Gasteiger partial charge in [-0.2, -0.15) is 0 Å². The van der Waals surface area contributed by atoms with Crippen LogP contribution < -0.4 is 0 Å². The van der Waals surface area contributed by atoms with Crippen LogP contribution in [0, 0.1) is 6.92 Å². The molecule has 5 nitrogen and oxygen atoms in total. The van der Waals surface area contributed by atoms with Gasteiger partial charge < -0.3 is 14.8 Å². The highest BCUT2D eigenvalue weighted by Gasteiger charge is 2.16. The van der Waals surface area contributed by atoms with Crippen LogP contribution in [0.1, 0.15) is 39.6 Å². The zero-order valence-corrected chi connectivity index (χ0v) is 11.5. The van der Waals surface area contributed by atoms with E-state index in [1.54, 1.807) is 25.3 Å². The standard InChI is InChI=1S/C15H17NO4/c1-9-6-14-12(7-11(9)15(19)20)13(10(2)18)8-16(14)4-3-5-17/h6-8,17H,3-5H2,1-2H3,(H,19,20). The maximum Gasteiger partial charge on any atom is 0.335 e. The summed E-state index contributed by atoms with van der Waals surface area (Å²) in [5.74, 6) is -1.10. The van der Waals surface area contributed by atoms with Gasteiger partial charge in [-0.05, 0) is 38.0 Å². The summed E-state index contributed by atoms with van der Waals surface area (Å²) in [6, 6.07) is 3.34. The Labute approximate surface area is 116 Å². The van der Waals surface area contributed by atoms with Crippen molar-refractivity contribution in [3.8, 4) is 0 Å². The molecule has 5 heteroatoms. The average Bonchev–Trinajstić information content (AvgIpc) is 2.73. The van der Waals surface area contributed by atoms with Crippen LogP contribution in [0.5, 0.6) is 0 Å². The molecule has 1 aromatic carbocycles. The molecule has 0 bridgehead atoms. The van der Waals surface area contributed by atoms with Gasteiger partial charge in [0, 0.05) is 35.8 Å². The Balaban J connectivity index is 2.69. The number of fused-ring (bicyclic) bond motifs is 1. The number of carbonyl (C=O) groups is 2. The van der Waals surface area contributed by atoms with E-state index >= 15 is 0 Å². The van der Waals surface area contributed by atoms with Crippen molar-refractivity contribution in [1.29, 1.82) is 0 Å². The van der Waals surface area contributed by atoms with Gasteiger partial charge in [0.1, 0.15) is 0 Å². The van der Waals surface area contributed by atoms with E-state index in [1.807, 2.05) is 4.57 Å². The summed E-state index contributed by atoms with van der Waals surface area (Å²) in [5.41, 5.74) is 2.20. The fourth-order valence-corrected chi connectivity index (χ4v) is 2.38. The summed E-state index contributed by atoms with van der Waals surface area (Å²) in [7, 11) is 0. The maximum absolute atomic E-state index is 11.7. The van der Waals surface area contributed by atoms with Gasteiger partial charge in [0.15, 0.2) is 5.78 Å². The molecule has 0 radical (unpaired) electrons. The van der Waals surface area contributed by atoms with E-state index < -0.39 is 5.97 Å². The van der Waals surface area contributed by atoms with E-state index in [0.717, 1.165) is 5.52 Å². The van der Waals surface area contributed by atoms with Gasteiger partial charge in [-0.25, -0.2) is 4.79 Å². The second-order valence-electron chi connectivity index (χ2n) is 4.86. The molecule has 0 aliphatic rings. The van der Waals surface area contributed by atoms with Gasteiger partial charge in [-0.3, -0.25) is 4.79 Å². The largest absolute Gasteiger partial charge is 0.478 e. The predicted molar refractivity (Wildman–Crippen MR) is 75.3 cm³/mol. The number of aromatic nitrogens is 1. The predicted octanol–water partition coefficient (Wildman–Crippen LogP) is 2.23. The Hall–Kier alpha value is -2.14. The third-order valence-corrected chi connectivity index (χ3v) is 3.39. The minimum atomic E-state index is -0.998. The fraction of sp³-hybridized carbons (Fsp3) is 0.333. The molecule has 20 heavy (non-hydrogen) atoms.